The first kappa shape index (κ1) is 16.5. The maximum absolute atomic E-state index is 12.3. The van der Waals surface area contributed by atoms with E-state index in [0.717, 1.165) is 6.20 Å². The normalized spacial score (nSPS) is 20.7. The minimum atomic E-state index is -0.832. The van der Waals surface area contributed by atoms with Crippen LogP contribution in [0.5, 0.6) is 5.75 Å². The Balaban J connectivity index is 1.63. The summed E-state index contributed by atoms with van der Waals surface area (Å²) in [7, 11) is 0. The first-order chi connectivity index (χ1) is 11.5. The van der Waals surface area contributed by atoms with E-state index in [0.29, 0.717) is 23.7 Å². The second-order valence-electron chi connectivity index (χ2n) is 5.53. The molecular weight excluding hydrogens is 334 g/mol. The van der Waals surface area contributed by atoms with Crippen molar-refractivity contribution in [2.24, 2.45) is 0 Å². The van der Waals surface area contributed by atoms with E-state index in [2.05, 4.69) is 9.97 Å². The monoisotopic (exact) mass is 349 g/mol. The van der Waals surface area contributed by atoms with Crippen LogP contribution in [-0.4, -0.2) is 51.2 Å². The molecule has 1 saturated heterocycles. The van der Waals surface area contributed by atoms with Gasteiger partial charge in [0, 0.05) is 18.0 Å². The highest BCUT2D eigenvalue weighted by Crippen LogP contribution is 2.22. The molecule has 1 aromatic heterocycles. The van der Waals surface area contributed by atoms with Gasteiger partial charge in [0.1, 0.15) is 23.7 Å². The van der Waals surface area contributed by atoms with E-state index >= 15 is 0 Å². The van der Waals surface area contributed by atoms with Crippen LogP contribution in [-0.2, 0) is 0 Å². The number of aromatic nitrogens is 2. The zero-order valence-corrected chi connectivity index (χ0v) is 13.4. The van der Waals surface area contributed by atoms with Crippen molar-refractivity contribution in [1.29, 1.82) is 0 Å². The number of nitrogens with zero attached hydrogens (tertiary/aromatic N) is 2. The number of likely N-dealkylation sites (tertiary alicyclic amines) is 1. The quantitative estimate of drug-likeness (QED) is 0.864. The van der Waals surface area contributed by atoms with Crippen LogP contribution in [0.25, 0.3) is 0 Å². The van der Waals surface area contributed by atoms with Crippen molar-refractivity contribution in [3.05, 3.63) is 57.7 Å². The Kier molecular flexibility index (Phi) is 4.82. The SMILES string of the molecule is O=C(c1cncc(=O)[nH]1)N1CC[C@@H](Oc2ccc(Cl)cc2)[C@H](O)C1. The molecule has 0 unspecified atom stereocenters. The molecule has 2 N–H and O–H groups in total. The van der Waals surface area contributed by atoms with Crippen LogP contribution in [0, 0.1) is 0 Å². The smallest absolute Gasteiger partial charge is 0.272 e. The second kappa shape index (κ2) is 7.02. The Bertz CT molecular complexity index is 777. The molecule has 0 bridgehead atoms. The van der Waals surface area contributed by atoms with Gasteiger partial charge in [-0.05, 0) is 24.3 Å². The highest BCUT2D eigenvalue weighted by Gasteiger charge is 2.32. The summed E-state index contributed by atoms with van der Waals surface area (Å²) in [6, 6.07) is 6.88. The number of piperidine rings is 1. The molecule has 24 heavy (non-hydrogen) atoms. The second-order valence-corrected chi connectivity index (χ2v) is 5.96. The van der Waals surface area contributed by atoms with Crippen molar-refractivity contribution in [1.82, 2.24) is 14.9 Å². The van der Waals surface area contributed by atoms with Crippen molar-refractivity contribution >= 4 is 17.5 Å². The lowest BCUT2D eigenvalue weighted by atomic mass is 10.0. The molecule has 1 amide bonds. The van der Waals surface area contributed by atoms with E-state index in [1.165, 1.54) is 11.1 Å². The maximum Gasteiger partial charge on any atom is 0.272 e. The van der Waals surface area contributed by atoms with Gasteiger partial charge in [-0.3, -0.25) is 14.6 Å². The summed E-state index contributed by atoms with van der Waals surface area (Å²) >= 11 is 5.83. The summed E-state index contributed by atoms with van der Waals surface area (Å²) in [5, 5.41) is 10.9. The predicted octanol–water partition coefficient (Wildman–Crippen LogP) is 1.08. The standard InChI is InChI=1S/C16H16ClN3O4/c17-10-1-3-11(4-2-10)24-14-5-6-20(9-13(14)21)16(23)12-7-18-8-15(22)19-12/h1-4,7-8,13-14,21H,5-6,9H2,(H,19,22)/t13-,14-/m1/s1. The van der Waals surface area contributed by atoms with Crippen molar-refractivity contribution in [3.8, 4) is 5.75 Å². The molecule has 0 saturated carbocycles. The minimum absolute atomic E-state index is 0.103. The van der Waals surface area contributed by atoms with Gasteiger partial charge >= 0.3 is 0 Å². The highest BCUT2D eigenvalue weighted by molar-refractivity contribution is 6.30. The number of amides is 1. The number of ether oxygens (including phenoxy) is 1. The number of carbonyl (C=O) groups is 1. The summed E-state index contributed by atoms with van der Waals surface area (Å²) in [5.74, 6) is 0.240. The van der Waals surface area contributed by atoms with E-state index in [1.807, 2.05) is 0 Å². The van der Waals surface area contributed by atoms with Gasteiger partial charge < -0.3 is 19.7 Å². The van der Waals surface area contributed by atoms with Gasteiger partial charge in [-0.1, -0.05) is 11.6 Å². The average molecular weight is 350 g/mol. The van der Waals surface area contributed by atoms with E-state index < -0.39 is 17.8 Å². The third-order valence-corrected chi connectivity index (χ3v) is 4.04. The van der Waals surface area contributed by atoms with Crippen LogP contribution in [0.4, 0.5) is 0 Å². The molecule has 1 aromatic carbocycles. The third-order valence-electron chi connectivity index (χ3n) is 3.79. The zero-order valence-electron chi connectivity index (χ0n) is 12.7. The number of halogens is 1. The first-order valence-electron chi connectivity index (χ1n) is 7.47. The number of hydrogen-bond acceptors (Lipinski definition) is 5. The van der Waals surface area contributed by atoms with Crippen LogP contribution < -0.4 is 10.3 Å². The van der Waals surface area contributed by atoms with Crippen LogP contribution in [0.1, 0.15) is 16.9 Å². The average Bonchev–Trinajstić information content (AvgIpc) is 2.58. The molecule has 2 atom stereocenters. The summed E-state index contributed by atoms with van der Waals surface area (Å²) in [6.45, 7) is 0.527. The lowest BCUT2D eigenvalue weighted by Crippen LogP contribution is -2.51. The summed E-state index contributed by atoms with van der Waals surface area (Å²) in [5.41, 5.74) is -0.339. The molecule has 1 aliphatic rings. The van der Waals surface area contributed by atoms with Gasteiger partial charge in [-0.15, -0.1) is 0 Å². The van der Waals surface area contributed by atoms with E-state index in [4.69, 9.17) is 16.3 Å². The van der Waals surface area contributed by atoms with Gasteiger partial charge in [0.15, 0.2) is 0 Å². The largest absolute Gasteiger partial charge is 0.488 e. The van der Waals surface area contributed by atoms with Gasteiger partial charge in [0.2, 0.25) is 0 Å². The fourth-order valence-electron chi connectivity index (χ4n) is 2.58. The van der Waals surface area contributed by atoms with Crippen molar-refractivity contribution in [3.63, 3.8) is 0 Å². The van der Waals surface area contributed by atoms with Crippen molar-refractivity contribution < 1.29 is 14.6 Å². The summed E-state index contributed by atoms with van der Waals surface area (Å²) in [6.07, 6.45) is 1.62. The fraction of sp³-hybridized carbons (Fsp3) is 0.312. The number of H-pyrrole nitrogens is 1. The van der Waals surface area contributed by atoms with Crippen molar-refractivity contribution in [2.75, 3.05) is 13.1 Å². The molecule has 0 spiro atoms. The number of nitrogens with one attached hydrogen (secondary N) is 1. The lowest BCUT2D eigenvalue weighted by molar-refractivity contribution is -0.0200. The fourth-order valence-corrected chi connectivity index (χ4v) is 2.70. The van der Waals surface area contributed by atoms with Gasteiger partial charge in [0.25, 0.3) is 11.5 Å². The molecule has 2 heterocycles. The Morgan fingerprint density at radius 3 is 2.75 bits per heavy atom. The molecule has 0 aliphatic carbocycles. The molecule has 1 aliphatic heterocycles. The molecule has 8 heteroatoms. The molecular formula is C16H16ClN3O4. The number of β-amino-alcohol motifs (C(OH)–C–C–N with tert-alkyl or cyclic N) is 1. The van der Waals surface area contributed by atoms with E-state index in [9.17, 15) is 14.7 Å². The Hall–Kier alpha value is -2.38. The maximum atomic E-state index is 12.3. The third kappa shape index (κ3) is 3.74. The molecule has 1 fully saturated rings. The Labute approximate surface area is 142 Å². The lowest BCUT2D eigenvalue weighted by Gasteiger charge is -2.35. The van der Waals surface area contributed by atoms with Crippen LogP contribution in [0.15, 0.2) is 41.5 Å². The number of aliphatic hydroxyl groups is 1. The molecule has 126 valence electrons. The van der Waals surface area contributed by atoms with Crippen LogP contribution >= 0.6 is 11.6 Å². The summed E-state index contributed by atoms with van der Waals surface area (Å²) < 4.78 is 5.76. The number of benzene rings is 1. The van der Waals surface area contributed by atoms with Gasteiger partial charge in [0.05, 0.1) is 18.9 Å². The summed E-state index contributed by atoms with van der Waals surface area (Å²) in [4.78, 5) is 31.2. The number of rotatable bonds is 3. The molecule has 0 radical (unpaired) electrons. The molecule has 7 nitrogen and oxygen atoms in total. The number of carbonyl (C=O) groups excluding carboxylic acids is 1. The van der Waals surface area contributed by atoms with Crippen LogP contribution in [0.2, 0.25) is 5.02 Å². The van der Waals surface area contributed by atoms with Gasteiger partial charge in [-0.2, -0.15) is 0 Å². The van der Waals surface area contributed by atoms with E-state index in [1.54, 1.807) is 24.3 Å². The number of hydrogen-bond donors (Lipinski definition) is 2. The minimum Gasteiger partial charge on any atom is -0.488 e. The molecule has 3 rings (SSSR count). The van der Waals surface area contributed by atoms with Crippen molar-refractivity contribution in [2.45, 2.75) is 18.6 Å². The zero-order chi connectivity index (χ0) is 17.1. The number of aromatic amines is 1. The predicted molar refractivity (Wildman–Crippen MR) is 87.3 cm³/mol. The van der Waals surface area contributed by atoms with Gasteiger partial charge in [-0.25, -0.2) is 0 Å². The van der Waals surface area contributed by atoms with Crippen LogP contribution in [0.3, 0.4) is 0 Å². The number of aliphatic hydroxyl groups excluding tert-OH is 1. The highest BCUT2D eigenvalue weighted by atomic mass is 35.5. The first-order valence-corrected chi connectivity index (χ1v) is 7.84. The topological polar surface area (TPSA) is 95.5 Å². The Morgan fingerprint density at radius 1 is 1.33 bits per heavy atom. The van der Waals surface area contributed by atoms with E-state index in [-0.39, 0.29) is 18.1 Å². The Morgan fingerprint density at radius 2 is 2.08 bits per heavy atom. The molecule has 2 aromatic rings.